The predicted octanol–water partition coefficient (Wildman–Crippen LogP) is -0.274. The van der Waals surface area contributed by atoms with E-state index in [1.807, 2.05) is 0 Å². The Balaban J connectivity index is 3.08. The molecule has 0 fully saturated rings. The highest BCUT2D eigenvalue weighted by Gasteiger charge is 2.26. The van der Waals surface area contributed by atoms with Gasteiger partial charge in [0.05, 0.1) is 5.69 Å². The van der Waals surface area contributed by atoms with E-state index in [0.717, 1.165) is 0 Å². The Kier molecular flexibility index (Phi) is 3.66. The van der Waals surface area contributed by atoms with Crippen molar-refractivity contribution in [1.82, 2.24) is 0 Å². The predicted molar refractivity (Wildman–Crippen MR) is 60.9 cm³/mol. The first-order valence-corrected chi connectivity index (χ1v) is 5.99. The van der Waals surface area contributed by atoms with Gasteiger partial charge in [0.25, 0.3) is 0 Å². The van der Waals surface area contributed by atoms with Gasteiger partial charge in [-0.2, -0.15) is 0 Å². The van der Waals surface area contributed by atoms with Crippen LogP contribution < -0.4 is 17.2 Å². The molecular formula is C8H13N4O3P. The highest BCUT2D eigenvalue weighted by molar-refractivity contribution is 7.52. The zero-order chi connectivity index (χ0) is 12.3. The topological polar surface area (TPSA) is 148 Å². The molecule has 16 heavy (non-hydrogen) atoms. The van der Waals surface area contributed by atoms with E-state index in [0.29, 0.717) is 5.69 Å². The lowest BCUT2D eigenvalue weighted by molar-refractivity contribution is 0.359. The Labute approximate surface area is 92.1 Å². The van der Waals surface area contributed by atoms with Crippen molar-refractivity contribution >= 4 is 19.2 Å². The summed E-state index contributed by atoms with van der Waals surface area (Å²) in [5.74, 6) is -1.51. The van der Waals surface area contributed by atoms with Crippen LogP contribution in [0.4, 0.5) is 5.69 Å². The van der Waals surface area contributed by atoms with Gasteiger partial charge in [-0.1, -0.05) is 12.1 Å². The van der Waals surface area contributed by atoms with Crippen LogP contribution in [0.1, 0.15) is 11.3 Å². The molecule has 8 N–H and O–H groups in total. The van der Waals surface area contributed by atoms with Crippen LogP contribution in [0.15, 0.2) is 29.3 Å². The maximum atomic E-state index is 10.9. The van der Waals surface area contributed by atoms with E-state index in [2.05, 4.69) is 4.99 Å². The van der Waals surface area contributed by atoms with Crippen molar-refractivity contribution in [3.63, 3.8) is 0 Å². The second-order valence-electron chi connectivity index (χ2n) is 3.17. The second kappa shape index (κ2) is 4.63. The second-order valence-corrected chi connectivity index (χ2v) is 4.90. The van der Waals surface area contributed by atoms with Crippen molar-refractivity contribution in [1.29, 1.82) is 0 Å². The molecule has 1 aromatic rings. The summed E-state index contributed by atoms with van der Waals surface area (Å²) in [7, 11) is -4.37. The third kappa shape index (κ3) is 3.32. The molecule has 0 aliphatic rings. The number of guanidine groups is 1. The lowest BCUT2D eigenvalue weighted by Gasteiger charge is -2.13. The molecule has 0 aromatic heterocycles. The van der Waals surface area contributed by atoms with Gasteiger partial charge in [-0.15, -0.1) is 0 Å². The Morgan fingerprint density at radius 1 is 1.38 bits per heavy atom. The molecule has 0 unspecified atom stereocenters. The van der Waals surface area contributed by atoms with Crippen molar-refractivity contribution in [2.75, 3.05) is 0 Å². The number of benzene rings is 1. The summed E-state index contributed by atoms with van der Waals surface area (Å²) in [5, 5.41) is 0. The Morgan fingerprint density at radius 2 is 2.00 bits per heavy atom. The number of rotatable bonds is 3. The lowest BCUT2D eigenvalue weighted by Crippen LogP contribution is -2.21. The first-order valence-electron chi connectivity index (χ1n) is 4.31. The molecule has 1 rings (SSSR count). The van der Waals surface area contributed by atoms with Crippen molar-refractivity contribution in [2.24, 2.45) is 22.2 Å². The van der Waals surface area contributed by atoms with Crippen LogP contribution in [0.5, 0.6) is 0 Å². The van der Waals surface area contributed by atoms with Crippen LogP contribution in [-0.4, -0.2) is 15.7 Å². The van der Waals surface area contributed by atoms with E-state index < -0.39 is 13.4 Å². The van der Waals surface area contributed by atoms with Gasteiger partial charge in [0.2, 0.25) is 0 Å². The Bertz CT molecular complexity index is 452. The standard InChI is InChI=1S/C8H13N4O3P/c9-7(16(13,14)15)5-2-1-3-6(4-5)12-8(10)11/h1-4,7H,9H2,(H4,10,11,12)(H2,13,14,15)/t7-/m0/s1. The van der Waals surface area contributed by atoms with Gasteiger partial charge >= 0.3 is 7.60 Å². The molecule has 8 heteroatoms. The SMILES string of the molecule is NC(N)=Nc1cccc([C@@H](N)P(=O)(O)O)c1. The Morgan fingerprint density at radius 3 is 2.50 bits per heavy atom. The maximum absolute atomic E-state index is 10.9. The fourth-order valence-corrected chi connectivity index (χ4v) is 1.67. The quantitative estimate of drug-likeness (QED) is 0.280. The summed E-state index contributed by atoms with van der Waals surface area (Å²) in [4.78, 5) is 21.6. The molecule has 0 saturated heterocycles. The largest absolute Gasteiger partial charge is 0.370 e. The van der Waals surface area contributed by atoms with Gasteiger partial charge < -0.3 is 27.0 Å². The van der Waals surface area contributed by atoms with Crippen molar-refractivity contribution in [3.8, 4) is 0 Å². The number of nitrogens with zero attached hydrogens (tertiary/aromatic N) is 1. The third-order valence-electron chi connectivity index (χ3n) is 1.83. The van der Waals surface area contributed by atoms with Gasteiger partial charge in [0.1, 0.15) is 5.78 Å². The average molecular weight is 244 g/mol. The van der Waals surface area contributed by atoms with Crippen molar-refractivity contribution < 1.29 is 14.4 Å². The first-order chi connectivity index (χ1) is 7.30. The summed E-state index contributed by atoms with van der Waals surface area (Å²) in [5.41, 5.74) is 16.4. The highest BCUT2D eigenvalue weighted by atomic mass is 31.2. The fourth-order valence-electron chi connectivity index (χ4n) is 1.12. The monoisotopic (exact) mass is 244 g/mol. The van der Waals surface area contributed by atoms with Crippen LogP contribution in [0.3, 0.4) is 0 Å². The van der Waals surface area contributed by atoms with Gasteiger partial charge in [-0.3, -0.25) is 4.57 Å². The molecule has 1 aromatic carbocycles. The minimum Gasteiger partial charge on any atom is -0.370 e. The van der Waals surface area contributed by atoms with Gasteiger partial charge in [-0.05, 0) is 17.7 Å². The molecule has 0 radical (unpaired) electrons. The molecule has 0 bridgehead atoms. The van der Waals surface area contributed by atoms with Crippen LogP contribution in [0, 0.1) is 0 Å². The first kappa shape index (κ1) is 12.7. The minimum absolute atomic E-state index is 0.137. The molecule has 0 saturated carbocycles. The molecule has 7 nitrogen and oxygen atoms in total. The summed E-state index contributed by atoms with van der Waals surface area (Å²) in [6.07, 6.45) is 0. The smallest absolute Gasteiger partial charge is 0.346 e. The van der Waals surface area contributed by atoms with E-state index in [4.69, 9.17) is 27.0 Å². The van der Waals surface area contributed by atoms with Crippen LogP contribution >= 0.6 is 7.60 Å². The number of hydrogen-bond acceptors (Lipinski definition) is 3. The van der Waals surface area contributed by atoms with E-state index >= 15 is 0 Å². The molecule has 1 atom stereocenters. The summed E-state index contributed by atoms with van der Waals surface area (Å²) >= 11 is 0. The van der Waals surface area contributed by atoms with Gasteiger partial charge in [-0.25, -0.2) is 4.99 Å². The van der Waals surface area contributed by atoms with Crippen molar-refractivity contribution in [2.45, 2.75) is 5.78 Å². The zero-order valence-corrected chi connectivity index (χ0v) is 9.21. The van der Waals surface area contributed by atoms with E-state index in [-0.39, 0.29) is 11.5 Å². The van der Waals surface area contributed by atoms with Gasteiger partial charge in [0.15, 0.2) is 5.96 Å². The minimum atomic E-state index is -4.37. The van der Waals surface area contributed by atoms with Crippen LogP contribution in [0.25, 0.3) is 0 Å². The molecule has 0 aliphatic carbocycles. The molecular weight excluding hydrogens is 231 g/mol. The van der Waals surface area contributed by atoms with E-state index in [9.17, 15) is 4.57 Å². The molecule has 0 amide bonds. The maximum Gasteiger partial charge on any atom is 0.346 e. The number of aliphatic imine (C=N–C) groups is 1. The van der Waals surface area contributed by atoms with E-state index in [1.54, 1.807) is 12.1 Å². The zero-order valence-electron chi connectivity index (χ0n) is 8.32. The summed E-state index contributed by atoms with van der Waals surface area (Å²) in [6, 6.07) is 6.07. The third-order valence-corrected chi connectivity index (χ3v) is 2.86. The lowest BCUT2D eigenvalue weighted by atomic mass is 10.2. The van der Waals surface area contributed by atoms with Crippen molar-refractivity contribution in [3.05, 3.63) is 29.8 Å². The number of hydrogen-bond donors (Lipinski definition) is 5. The van der Waals surface area contributed by atoms with Gasteiger partial charge in [0, 0.05) is 0 Å². The highest BCUT2D eigenvalue weighted by Crippen LogP contribution is 2.48. The molecule has 0 spiro atoms. The Hall–Kier alpha value is -1.40. The molecule has 0 heterocycles. The molecule has 0 aliphatic heterocycles. The average Bonchev–Trinajstić information content (AvgIpc) is 2.14. The molecule has 88 valence electrons. The van der Waals surface area contributed by atoms with Crippen LogP contribution in [0.2, 0.25) is 0 Å². The summed E-state index contributed by atoms with van der Waals surface area (Å²) < 4.78 is 10.9. The number of nitrogens with two attached hydrogens (primary N) is 3. The summed E-state index contributed by atoms with van der Waals surface area (Å²) in [6.45, 7) is 0. The normalized spacial score (nSPS) is 13.2. The van der Waals surface area contributed by atoms with Crippen LogP contribution in [-0.2, 0) is 4.57 Å². The van der Waals surface area contributed by atoms with E-state index in [1.165, 1.54) is 12.1 Å². The fraction of sp³-hybridized carbons (Fsp3) is 0.125.